The van der Waals surface area contributed by atoms with E-state index in [9.17, 15) is 14.4 Å². The van der Waals surface area contributed by atoms with Crippen LogP contribution in [0.4, 0.5) is 5.69 Å². The van der Waals surface area contributed by atoms with Gasteiger partial charge in [-0.2, -0.15) is 4.73 Å². The third-order valence-electron chi connectivity index (χ3n) is 4.21. The second-order valence-corrected chi connectivity index (χ2v) is 6.37. The number of ketones is 1. The van der Waals surface area contributed by atoms with Gasteiger partial charge in [-0.05, 0) is 43.7 Å². The Labute approximate surface area is 162 Å². The summed E-state index contributed by atoms with van der Waals surface area (Å²) in [6.45, 7) is 3.60. The van der Waals surface area contributed by atoms with Gasteiger partial charge in [0.15, 0.2) is 5.78 Å². The quantitative estimate of drug-likeness (QED) is 0.670. The molecule has 3 aromatic rings. The van der Waals surface area contributed by atoms with Crippen molar-refractivity contribution in [3.05, 3.63) is 99.5 Å². The molecule has 6 nitrogen and oxygen atoms in total. The van der Waals surface area contributed by atoms with Crippen LogP contribution in [-0.4, -0.2) is 16.4 Å². The molecule has 142 valence electrons. The van der Waals surface area contributed by atoms with Crippen molar-refractivity contribution in [2.75, 3.05) is 5.32 Å². The van der Waals surface area contributed by atoms with Gasteiger partial charge in [-0.1, -0.05) is 42.0 Å². The van der Waals surface area contributed by atoms with Crippen molar-refractivity contribution in [1.29, 1.82) is 0 Å². The second kappa shape index (κ2) is 8.35. The molecule has 0 spiro atoms. The van der Waals surface area contributed by atoms with Gasteiger partial charge in [-0.15, -0.1) is 0 Å². The molecule has 1 amide bonds. The minimum Gasteiger partial charge on any atom is -0.406 e. The van der Waals surface area contributed by atoms with Crippen molar-refractivity contribution in [1.82, 2.24) is 4.73 Å². The normalized spacial score (nSPS) is 10.4. The Kier molecular flexibility index (Phi) is 5.69. The fourth-order valence-electron chi connectivity index (χ4n) is 2.67. The largest absolute Gasteiger partial charge is 0.406 e. The lowest BCUT2D eigenvalue weighted by atomic mass is 10.1. The van der Waals surface area contributed by atoms with E-state index in [0.29, 0.717) is 11.3 Å². The first-order valence-corrected chi connectivity index (χ1v) is 8.77. The third kappa shape index (κ3) is 4.35. The van der Waals surface area contributed by atoms with Gasteiger partial charge in [-0.3, -0.25) is 14.4 Å². The lowest BCUT2D eigenvalue weighted by Crippen LogP contribution is -2.32. The predicted molar refractivity (Wildman–Crippen MR) is 107 cm³/mol. The van der Waals surface area contributed by atoms with Gasteiger partial charge < -0.3 is 10.2 Å². The first-order chi connectivity index (χ1) is 13.5. The van der Waals surface area contributed by atoms with E-state index < -0.39 is 11.5 Å². The SMILES string of the molecule is CC(=O)c1ccccc1NC(=O)c1cccn(OCc2ccc(C)cc2)c1=O. The molecule has 0 saturated carbocycles. The maximum atomic E-state index is 12.6. The molecule has 0 aliphatic rings. The molecular weight excluding hydrogens is 356 g/mol. The highest BCUT2D eigenvalue weighted by Crippen LogP contribution is 2.16. The Morgan fingerprint density at radius 1 is 0.964 bits per heavy atom. The summed E-state index contributed by atoms with van der Waals surface area (Å²) in [7, 11) is 0. The minimum absolute atomic E-state index is 0.0789. The van der Waals surface area contributed by atoms with Crippen LogP contribution in [-0.2, 0) is 6.61 Å². The molecule has 1 aromatic heterocycles. The van der Waals surface area contributed by atoms with Crippen molar-refractivity contribution in [2.45, 2.75) is 20.5 Å². The number of carbonyl (C=O) groups excluding carboxylic acids is 2. The number of nitrogens with zero attached hydrogens (tertiary/aromatic N) is 1. The molecule has 0 fully saturated rings. The van der Waals surface area contributed by atoms with Gasteiger partial charge in [0.25, 0.3) is 11.5 Å². The molecule has 1 N–H and O–H groups in total. The van der Waals surface area contributed by atoms with Crippen molar-refractivity contribution in [2.24, 2.45) is 0 Å². The zero-order chi connectivity index (χ0) is 20.1. The fraction of sp³-hybridized carbons (Fsp3) is 0.136. The Morgan fingerprint density at radius 3 is 2.36 bits per heavy atom. The third-order valence-corrected chi connectivity index (χ3v) is 4.21. The lowest BCUT2D eigenvalue weighted by molar-refractivity contribution is 0.0863. The standard InChI is InChI=1S/C22H20N2O4/c1-15-9-11-17(12-10-15)14-28-24-13-5-7-19(22(24)27)21(26)23-20-8-4-3-6-18(20)16(2)25/h3-13H,14H2,1-2H3,(H,23,26). The monoisotopic (exact) mass is 376 g/mol. The lowest BCUT2D eigenvalue weighted by Gasteiger charge is -2.11. The highest BCUT2D eigenvalue weighted by molar-refractivity contribution is 6.08. The van der Waals surface area contributed by atoms with Gasteiger partial charge in [0.2, 0.25) is 0 Å². The Balaban J connectivity index is 1.79. The minimum atomic E-state index is -0.605. The Hall–Kier alpha value is -3.67. The number of aromatic nitrogens is 1. The highest BCUT2D eigenvalue weighted by atomic mass is 16.7. The van der Waals surface area contributed by atoms with E-state index in [0.717, 1.165) is 15.9 Å². The van der Waals surface area contributed by atoms with Crippen LogP contribution >= 0.6 is 0 Å². The molecule has 0 bridgehead atoms. The number of nitrogens with one attached hydrogen (secondary N) is 1. The number of hydrogen-bond acceptors (Lipinski definition) is 4. The van der Waals surface area contributed by atoms with Crippen LogP contribution in [0.5, 0.6) is 0 Å². The summed E-state index contributed by atoms with van der Waals surface area (Å²) in [5, 5.41) is 2.63. The van der Waals surface area contributed by atoms with Crippen LogP contribution in [0.15, 0.2) is 71.7 Å². The summed E-state index contributed by atoms with van der Waals surface area (Å²) >= 11 is 0. The van der Waals surface area contributed by atoms with Gasteiger partial charge in [-0.25, -0.2) is 0 Å². The Morgan fingerprint density at radius 2 is 1.64 bits per heavy atom. The molecule has 0 aliphatic heterocycles. The average molecular weight is 376 g/mol. The number of Topliss-reactive ketones (excluding diaryl/α,β-unsaturated/α-hetero) is 1. The molecule has 1 heterocycles. The summed E-state index contributed by atoms with van der Waals surface area (Å²) in [6.07, 6.45) is 1.46. The number of para-hydroxylation sites is 1. The average Bonchev–Trinajstić information content (AvgIpc) is 2.68. The van der Waals surface area contributed by atoms with E-state index in [1.54, 1.807) is 30.3 Å². The maximum absolute atomic E-state index is 12.6. The zero-order valence-corrected chi connectivity index (χ0v) is 15.6. The van der Waals surface area contributed by atoms with Crippen molar-refractivity contribution >= 4 is 17.4 Å². The van der Waals surface area contributed by atoms with E-state index in [1.165, 1.54) is 19.2 Å². The van der Waals surface area contributed by atoms with Crippen LogP contribution in [0.3, 0.4) is 0 Å². The summed E-state index contributed by atoms with van der Waals surface area (Å²) in [5.41, 5.74) is 2.11. The number of anilines is 1. The number of carbonyl (C=O) groups is 2. The zero-order valence-electron chi connectivity index (χ0n) is 15.6. The van der Waals surface area contributed by atoms with Crippen LogP contribution in [0.25, 0.3) is 0 Å². The highest BCUT2D eigenvalue weighted by Gasteiger charge is 2.15. The molecule has 0 unspecified atom stereocenters. The number of rotatable bonds is 6. The smallest absolute Gasteiger partial charge is 0.295 e. The van der Waals surface area contributed by atoms with E-state index in [2.05, 4.69) is 5.32 Å². The van der Waals surface area contributed by atoms with E-state index >= 15 is 0 Å². The molecular formula is C22H20N2O4. The van der Waals surface area contributed by atoms with Crippen LogP contribution in [0, 0.1) is 6.92 Å². The van der Waals surface area contributed by atoms with E-state index in [-0.39, 0.29) is 18.0 Å². The molecule has 3 rings (SSSR count). The summed E-state index contributed by atoms with van der Waals surface area (Å²) in [4.78, 5) is 42.4. The van der Waals surface area contributed by atoms with Gasteiger partial charge in [0, 0.05) is 11.8 Å². The Bertz CT molecular complexity index is 1070. The number of pyridine rings is 1. The predicted octanol–water partition coefficient (Wildman–Crippen LogP) is 3.24. The number of hydrogen-bond donors (Lipinski definition) is 1. The van der Waals surface area contributed by atoms with Gasteiger partial charge in [0.1, 0.15) is 12.2 Å². The topological polar surface area (TPSA) is 77.4 Å². The first kappa shape index (κ1) is 19.1. The molecule has 0 radical (unpaired) electrons. The van der Waals surface area contributed by atoms with Crippen LogP contribution in [0.1, 0.15) is 38.8 Å². The number of benzene rings is 2. The van der Waals surface area contributed by atoms with E-state index in [4.69, 9.17) is 4.84 Å². The molecule has 0 aliphatic carbocycles. The van der Waals surface area contributed by atoms with Crippen molar-refractivity contribution in [3.8, 4) is 0 Å². The van der Waals surface area contributed by atoms with Gasteiger partial charge >= 0.3 is 0 Å². The fourth-order valence-corrected chi connectivity index (χ4v) is 2.67. The van der Waals surface area contributed by atoms with E-state index in [1.807, 2.05) is 31.2 Å². The van der Waals surface area contributed by atoms with Gasteiger partial charge in [0.05, 0.1) is 5.69 Å². The molecule has 6 heteroatoms. The van der Waals surface area contributed by atoms with Crippen molar-refractivity contribution in [3.63, 3.8) is 0 Å². The second-order valence-electron chi connectivity index (χ2n) is 6.37. The molecule has 0 atom stereocenters. The maximum Gasteiger partial charge on any atom is 0.295 e. The number of amides is 1. The van der Waals surface area contributed by atoms with Crippen molar-refractivity contribution < 1.29 is 14.4 Å². The first-order valence-electron chi connectivity index (χ1n) is 8.77. The molecule has 0 saturated heterocycles. The molecule has 2 aromatic carbocycles. The summed E-state index contributed by atoms with van der Waals surface area (Å²) in [6, 6.07) is 17.4. The summed E-state index contributed by atoms with van der Waals surface area (Å²) in [5.74, 6) is -0.783. The molecule has 28 heavy (non-hydrogen) atoms. The summed E-state index contributed by atoms with van der Waals surface area (Å²) < 4.78 is 1.03. The van der Waals surface area contributed by atoms with Crippen LogP contribution in [0.2, 0.25) is 0 Å². The number of aryl methyl sites for hydroxylation is 1. The van der Waals surface area contributed by atoms with Crippen LogP contribution < -0.4 is 15.7 Å².